The molecule has 88 valence electrons. The molecule has 1 amide bonds. The van der Waals surface area contributed by atoms with Crippen LogP contribution in [0.5, 0.6) is 5.75 Å². The predicted octanol–water partition coefficient (Wildman–Crippen LogP) is 1.94. The van der Waals surface area contributed by atoms with Gasteiger partial charge in [0.05, 0.1) is 12.7 Å². The Morgan fingerprint density at radius 3 is 3.00 bits per heavy atom. The summed E-state index contributed by atoms with van der Waals surface area (Å²) in [4.78, 5) is 11.8. The van der Waals surface area contributed by atoms with E-state index >= 15 is 0 Å². The molecule has 1 N–H and O–H groups in total. The van der Waals surface area contributed by atoms with Crippen molar-refractivity contribution in [1.82, 2.24) is 10.2 Å². The van der Waals surface area contributed by atoms with Crippen molar-refractivity contribution in [3.05, 3.63) is 35.1 Å². The highest BCUT2D eigenvalue weighted by Crippen LogP contribution is 2.21. The van der Waals surface area contributed by atoms with E-state index in [1.807, 2.05) is 0 Å². The highest BCUT2D eigenvalue weighted by molar-refractivity contribution is 7.13. The van der Waals surface area contributed by atoms with Crippen LogP contribution in [-0.4, -0.2) is 23.2 Å². The van der Waals surface area contributed by atoms with Crippen molar-refractivity contribution in [2.24, 2.45) is 0 Å². The molecule has 0 aliphatic rings. The third-order valence-corrected chi connectivity index (χ3v) is 2.59. The molecule has 0 atom stereocenters. The van der Waals surface area contributed by atoms with Crippen molar-refractivity contribution in [3.8, 4) is 5.75 Å². The SMILES string of the molecule is COc1ccc(F)cc1C(=O)Nc1nncs1. The number of nitrogens with zero attached hydrogens (tertiary/aromatic N) is 2. The van der Waals surface area contributed by atoms with Crippen LogP contribution in [0.3, 0.4) is 0 Å². The van der Waals surface area contributed by atoms with E-state index in [4.69, 9.17) is 4.74 Å². The predicted molar refractivity (Wildman–Crippen MR) is 60.8 cm³/mol. The Morgan fingerprint density at radius 1 is 1.53 bits per heavy atom. The molecule has 0 saturated heterocycles. The number of hydrogen-bond donors (Lipinski definition) is 1. The molecule has 2 rings (SSSR count). The lowest BCUT2D eigenvalue weighted by Crippen LogP contribution is -2.13. The largest absolute Gasteiger partial charge is 0.496 e. The number of halogens is 1. The van der Waals surface area contributed by atoms with Crippen molar-refractivity contribution in [2.45, 2.75) is 0 Å². The van der Waals surface area contributed by atoms with E-state index in [9.17, 15) is 9.18 Å². The van der Waals surface area contributed by atoms with Crippen molar-refractivity contribution in [1.29, 1.82) is 0 Å². The number of carbonyl (C=O) groups excluding carboxylic acids is 1. The summed E-state index contributed by atoms with van der Waals surface area (Å²) in [7, 11) is 1.41. The van der Waals surface area contributed by atoms with Gasteiger partial charge < -0.3 is 4.74 Å². The lowest BCUT2D eigenvalue weighted by Gasteiger charge is -2.07. The van der Waals surface area contributed by atoms with Gasteiger partial charge in [-0.2, -0.15) is 0 Å². The molecule has 0 radical (unpaired) electrons. The van der Waals surface area contributed by atoms with E-state index in [0.29, 0.717) is 10.9 Å². The van der Waals surface area contributed by atoms with E-state index < -0.39 is 11.7 Å². The lowest BCUT2D eigenvalue weighted by molar-refractivity contribution is 0.102. The molecule has 1 aromatic carbocycles. The highest BCUT2D eigenvalue weighted by atomic mass is 32.1. The first-order valence-corrected chi connectivity index (χ1v) is 5.49. The summed E-state index contributed by atoms with van der Waals surface area (Å²) in [6, 6.07) is 3.72. The van der Waals surface area contributed by atoms with Crippen LogP contribution in [-0.2, 0) is 0 Å². The summed E-state index contributed by atoms with van der Waals surface area (Å²) in [6.07, 6.45) is 0. The van der Waals surface area contributed by atoms with E-state index in [1.165, 1.54) is 36.1 Å². The van der Waals surface area contributed by atoms with Crippen LogP contribution in [0.2, 0.25) is 0 Å². The first-order valence-electron chi connectivity index (χ1n) is 4.62. The summed E-state index contributed by atoms with van der Waals surface area (Å²) >= 11 is 1.17. The molecule has 0 saturated carbocycles. The fourth-order valence-corrected chi connectivity index (χ4v) is 1.69. The Morgan fingerprint density at radius 2 is 2.35 bits per heavy atom. The molecule has 0 aliphatic carbocycles. The van der Waals surface area contributed by atoms with Crippen molar-refractivity contribution >= 4 is 22.4 Å². The summed E-state index contributed by atoms with van der Waals surface area (Å²) in [5, 5.41) is 10.1. The number of benzene rings is 1. The van der Waals surface area contributed by atoms with Crippen LogP contribution in [0.15, 0.2) is 23.7 Å². The maximum Gasteiger partial charge on any atom is 0.261 e. The second-order valence-corrected chi connectivity index (χ2v) is 3.88. The van der Waals surface area contributed by atoms with Gasteiger partial charge in [0, 0.05) is 0 Å². The average Bonchev–Trinajstić information content (AvgIpc) is 2.81. The molecular weight excluding hydrogens is 245 g/mol. The summed E-state index contributed by atoms with van der Waals surface area (Å²) in [6.45, 7) is 0. The molecule has 0 aliphatic heterocycles. The molecule has 7 heteroatoms. The first-order chi connectivity index (χ1) is 8.20. The molecule has 1 heterocycles. The van der Waals surface area contributed by atoms with Gasteiger partial charge in [-0.3, -0.25) is 10.1 Å². The zero-order valence-corrected chi connectivity index (χ0v) is 9.62. The fourth-order valence-electron chi connectivity index (χ4n) is 1.25. The molecule has 1 aromatic heterocycles. The number of carbonyl (C=O) groups is 1. The van der Waals surface area contributed by atoms with E-state index in [1.54, 1.807) is 0 Å². The van der Waals surface area contributed by atoms with Crippen LogP contribution in [0.25, 0.3) is 0 Å². The minimum absolute atomic E-state index is 0.114. The van der Waals surface area contributed by atoms with Gasteiger partial charge in [0.15, 0.2) is 0 Å². The van der Waals surface area contributed by atoms with E-state index in [0.717, 1.165) is 6.07 Å². The number of aromatic nitrogens is 2. The van der Waals surface area contributed by atoms with Gasteiger partial charge in [0.1, 0.15) is 17.1 Å². The second kappa shape index (κ2) is 4.88. The van der Waals surface area contributed by atoms with Gasteiger partial charge in [-0.15, -0.1) is 10.2 Å². The number of anilines is 1. The second-order valence-electron chi connectivity index (χ2n) is 3.04. The molecule has 0 spiro atoms. The van der Waals surface area contributed by atoms with Crippen LogP contribution in [0, 0.1) is 5.82 Å². The molecule has 2 aromatic rings. The topological polar surface area (TPSA) is 64.1 Å². The van der Waals surface area contributed by atoms with Crippen LogP contribution >= 0.6 is 11.3 Å². The molecule has 0 fully saturated rings. The molecular formula is C10H8FN3O2S. The van der Waals surface area contributed by atoms with Gasteiger partial charge in [-0.05, 0) is 18.2 Å². The van der Waals surface area contributed by atoms with Gasteiger partial charge in [-0.25, -0.2) is 4.39 Å². The van der Waals surface area contributed by atoms with Gasteiger partial charge in [0.25, 0.3) is 5.91 Å². The van der Waals surface area contributed by atoms with E-state index in [2.05, 4.69) is 15.5 Å². The van der Waals surface area contributed by atoms with Crippen molar-refractivity contribution in [2.75, 3.05) is 12.4 Å². The molecule has 5 nitrogen and oxygen atoms in total. The highest BCUT2D eigenvalue weighted by Gasteiger charge is 2.14. The minimum Gasteiger partial charge on any atom is -0.496 e. The number of hydrogen-bond acceptors (Lipinski definition) is 5. The standard InChI is InChI=1S/C10H8FN3O2S/c1-16-8-3-2-6(11)4-7(8)9(15)13-10-14-12-5-17-10/h2-5H,1H3,(H,13,14,15). The number of methoxy groups -OCH3 is 1. The Hall–Kier alpha value is -2.02. The van der Waals surface area contributed by atoms with Crippen LogP contribution < -0.4 is 10.1 Å². The van der Waals surface area contributed by atoms with E-state index in [-0.39, 0.29) is 5.56 Å². The number of rotatable bonds is 3. The number of nitrogens with one attached hydrogen (secondary N) is 1. The van der Waals surface area contributed by atoms with Crippen LogP contribution in [0.4, 0.5) is 9.52 Å². The number of amides is 1. The minimum atomic E-state index is -0.506. The third kappa shape index (κ3) is 2.56. The summed E-state index contributed by atoms with van der Waals surface area (Å²) < 4.78 is 18.0. The third-order valence-electron chi connectivity index (χ3n) is 1.99. The van der Waals surface area contributed by atoms with Gasteiger partial charge in [0.2, 0.25) is 5.13 Å². The zero-order valence-electron chi connectivity index (χ0n) is 8.81. The van der Waals surface area contributed by atoms with Crippen molar-refractivity contribution < 1.29 is 13.9 Å². The molecule has 0 unspecified atom stereocenters. The fraction of sp³-hybridized carbons (Fsp3) is 0.100. The quantitative estimate of drug-likeness (QED) is 0.907. The first kappa shape index (κ1) is 11.5. The smallest absolute Gasteiger partial charge is 0.261 e. The Labute approximate surface area is 100 Å². The maximum absolute atomic E-state index is 13.1. The molecule has 17 heavy (non-hydrogen) atoms. The van der Waals surface area contributed by atoms with Gasteiger partial charge >= 0.3 is 0 Å². The Bertz CT molecular complexity index is 530. The van der Waals surface area contributed by atoms with Gasteiger partial charge in [-0.1, -0.05) is 11.3 Å². The molecule has 0 bridgehead atoms. The Kier molecular flexibility index (Phi) is 3.29. The average molecular weight is 253 g/mol. The number of ether oxygens (including phenoxy) is 1. The monoisotopic (exact) mass is 253 g/mol. The Balaban J connectivity index is 2.26. The van der Waals surface area contributed by atoms with Crippen molar-refractivity contribution in [3.63, 3.8) is 0 Å². The zero-order chi connectivity index (χ0) is 12.3. The summed E-state index contributed by atoms with van der Waals surface area (Å²) in [5.41, 5.74) is 1.60. The van der Waals surface area contributed by atoms with Crippen LogP contribution in [0.1, 0.15) is 10.4 Å². The maximum atomic E-state index is 13.1. The summed E-state index contributed by atoms with van der Waals surface area (Å²) in [5.74, 6) is -0.695. The normalized spacial score (nSPS) is 10.0. The lowest BCUT2D eigenvalue weighted by atomic mass is 10.2.